The number of nitrogens with zero attached hydrogens (tertiary/aromatic N) is 1. The second kappa shape index (κ2) is 4.18. The Balaban J connectivity index is 1.77. The highest BCUT2D eigenvalue weighted by molar-refractivity contribution is 6.35. The van der Waals surface area contributed by atoms with Crippen LogP contribution in [0.1, 0.15) is 12.0 Å². The van der Waals surface area contributed by atoms with Crippen molar-refractivity contribution < 1.29 is 14.7 Å². The molecule has 2 N–H and O–H groups in total. The van der Waals surface area contributed by atoms with E-state index in [4.69, 9.17) is 9.94 Å². The SMILES string of the molecule is O=C(O)C1=NOC(Cc2c[nH]c3ccccc23)C1. The molecule has 1 aromatic carbocycles. The lowest BCUT2D eigenvalue weighted by atomic mass is 10.0. The molecule has 0 saturated carbocycles. The molecule has 18 heavy (non-hydrogen) atoms. The normalized spacial score (nSPS) is 18.7. The van der Waals surface area contributed by atoms with Gasteiger partial charge in [0, 0.05) is 29.9 Å². The first kappa shape index (κ1) is 10.8. The van der Waals surface area contributed by atoms with Crippen LogP contribution in [0.3, 0.4) is 0 Å². The maximum Gasteiger partial charge on any atom is 0.353 e. The smallest absolute Gasteiger partial charge is 0.353 e. The third-order valence-electron chi connectivity index (χ3n) is 3.10. The number of H-pyrrole nitrogens is 1. The number of rotatable bonds is 3. The lowest BCUT2D eigenvalue weighted by Gasteiger charge is -2.06. The Morgan fingerprint density at radius 3 is 3.11 bits per heavy atom. The average Bonchev–Trinajstić information content (AvgIpc) is 2.98. The third-order valence-corrected chi connectivity index (χ3v) is 3.10. The summed E-state index contributed by atoms with van der Waals surface area (Å²) in [5, 5.41) is 13.5. The summed E-state index contributed by atoms with van der Waals surface area (Å²) in [5.74, 6) is -1.00. The second-order valence-corrected chi connectivity index (χ2v) is 4.34. The van der Waals surface area contributed by atoms with Crippen LogP contribution in [0.25, 0.3) is 10.9 Å². The number of hydrogen-bond acceptors (Lipinski definition) is 3. The Kier molecular flexibility index (Phi) is 2.51. The van der Waals surface area contributed by atoms with E-state index >= 15 is 0 Å². The summed E-state index contributed by atoms with van der Waals surface area (Å²) in [7, 11) is 0. The van der Waals surface area contributed by atoms with Crippen LogP contribution >= 0.6 is 0 Å². The van der Waals surface area contributed by atoms with Gasteiger partial charge in [0.05, 0.1) is 0 Å². The fourth-order valence-electron chi connectivity index (χ4n) is 2.21. The quantitative estimate of drug-likeness (QED) is 0.866. The molecule has 0 amide bonds. The number of benzene rings is 1. The van der Waals surface area contributed by atoms with Gasteiger partial charge < -0.3 is 14.9 Å². The predicted octanol–water partition coefficient (Wildman–Crippen LogP) is 1.94. The topological polar surface area (TPSA) is 74.7 Å². The van der Waals surface area contributed by atoms with Gasteiger partial charge in [0.25, 0.3) is 0 Å². The van der Waals surface area contributed by atoms with Crippen LogP contribution in [0.15, 0.2) is 35.6 Å². The number of fused-ring (bicyclic) bond motifs is 1. The molecule has 1 aliphatic heterocycles. The third kappa shape index (κ3) is 1.84. The largest absolute Gasteiger partial charge is 0.477 e. The van der Waals surface area contributed by atoms with Gasteiger partial charge in [-0.1, -0.05) is 23.4 Å². The maximum absolute atomic E-state index is 10.7. The maximum atomic E-state index is 10.7. The van der Waals surface area contributed by atoms with E-state index in [2.05, 4.69) is 10.1 Å². The summed E-state index contributed by atoms with van der Waals surface area (Å²) in [6, 6.07) is 8.00. The van der Waals surface area contributed by atoms with Gasteiger partial charge in [0.15, 0.2) is 5.71 Å². The van der Waals surface area contributed by atoms with Gasteiger partial charge in [0.1, 0.15) is 6.10 Å². The van der Waals surface area contributed by atoms with Gasteiger partial charge in [-0.3, -0.25) is 0 Å². The van der Waals surface area contributed by atoms with E-state index in [1.807, 2.05) is 30.5 Å². The summed E-state index contributed by atoms with van der Waals surface area (Å²) in [6.45, 7) is 0. The number of nitrogens with one attached hydrogen (secondary N) is 1. The van der Waals surface area contributed by atoms with Crippen molar-refractivity contribution in [3.8, 4) is 0 Å². The molecular formula is C13H12N2O3. The Morgan fingerprint density at radius 1 is 1.50 bits per heavy atom. The van der Waals surface area contributed by atoms with Crippen molar-refractivity contribution in [2.45, 2.75) is 18.9 Å². The first-order valence-electron chi connectivity index (χ1n) is 5.75. The highest BCUT2D eigenvalue weighted by Gasteiger charge is 2.26. The van der Waals surface area contributed by atoms with Crippen LogP contribution in [-0.4, -0.2) is 27.9 Å². The zero-order valence-electron chi connectivity index (χ0n) is 9.59. The van der Waals surface area contributed by atoms with E-state index in [9.17, 15) is 4.79 Å². The number of oxime groups is 1. The minimum atomic E-state index is -1.00. The van der Waals surface area contributed by atoms with Crippen LogP contribution in [0.5, 0.6) is 0 Å². The van der Waals surface area contributed by atoms with Crippen LogP contribution in [0.4, 0.5) is 0 Å². The summed E-state index contributed by atoms with van der Waals surface area (Å²) in [6.07, 6.45) is 2.77. The highest BCUT2D eigenvalue weighted by Crippen LogP contribution is 2.22. The summed E-state index contributed by atoms with van der Waals surface area (Å²) in [5.41, 5.74) is 2.29. The first-order valence-corrected chi connectivity index (χ1v) is 5.75. The van der Waals surface area contributed by atoms with Crippen molar-refractivity contribution in [3.05, 3.63) is 36.0 Å². The molecular weight excluding hydrogens is 232 g/mol. The van der Waals surface area contributed by atoms with Gasteiger partial charge in [0.2, 0.25) is 0 Å². The number of carboxylic acid groups (broad SMARTS) is 1. The van der Waals surface area contributed by atoms with Gasteiger partial charge >= 0.3 is 5.97 Å². The van der Waals surface area contributed by atoms with Crippen molar-refractivity contribution in [2.75, 3.05) is 0 Å². The molecule has 0 radical (unpaired) electrons. The molecule has 2 aromatic rings. The molecule has 1 aliphatic rings. The van der Waals surface area contributed by atoms with Crippen molar-refractivity contribution in [2.24, 2.45) is 5.16 Å². The zero-order valence-corrected chi connectivity index (χ0v) is 9.59. The highest BCUT2D eigenvalue weighted by atomic mass is 16.6. The lowest BCUT2D eigenvalue weighted by molar-refractivity contribution is -0.129. The number of hydrogen-bond donors (Lipinski definition) is 2. The second-order valence-electron chi connectivity index (χ2n) is 4.34. The summed E-state index contributed by atoms with van der Waals surface area (Å²) >= 11 is 0. The number of para-hydroxylation sites is 1. The van der Waals surface area contributed by atoms with Crippen LogP contribution in [-0.2, 0) is 16.1 Å². The zero-order chi connectivity index (χ0) is 12.5. The van der Waals surface area contributed by atoms with E-state index in [0.29, 0.717) is 12.8 Å². The van der Waals surface area contributed by atoms with Crippen LogP contribution in [0, 0.1) is 0 Å². The minimum absolute atomic E-state index is 0.0971. The molecule has 5 heteroatoms. The first-order chi connectivity index (χ1) is 8.74. The molecule has 1 aromatic heterocycles. The molecule has 0 aliphatic carbocycles. The molecule has 0 saturated heterocycles. The molecule has 0 spiro atoms. The number of aromatic nitrogens is 1. The van der Waals surface area contributed by atoms with Crippen LogP contribution < -0.4 is 0 Å². The fourth-order valence-corrected chi connectivity index (χ4v) is 2.21. The van der Waals surface area contributed by atoms with E-state index < -0.39 is 5.97 Å². The van der Waals surface area contributed by atoms with Gasteiger partial charge in [-0.2, -0.15) is 0 Å². The van der Waals surface area contributed by atoms with E-state index in [1.54, 1.807) is 0 Å². The molecule has 92 valence electrons. The Labute approximate surface area is 103 Å². The monoisotopic (exact) mass is 244 g/mol. The Morgan fingerprint density at radius 2 is 2.33 bits per heavy atom. The Hall–Kier alpha value is -2.30. The Bertz CT molecular complexity index is 630. The van der Waals surface area contributed by atoms with Crippen molar-refractivity contribution in [1.29, 1.82) is 0 Å². The average molecular weight is 244 g/mol. The van der Waals surface area contributed by atoms with Crippen molar-refractivity contribution >= 4 is 22.6 Å². The number of aliphatic carboxylic acids is 1. The molecule has 1 unspecified atom stereocenters. The summed E-state index contributed by atoms with van der Waals surface area (Å²) < 4.78 is 0. The van der Waals surface area contributed by atoms with Crippen molar-refractivity contribution in [3.63, 3.8) is 0 Å². The molecule has 5 nitrogen and oxygen atoms in total. The molecule has 1 atom stereocenters. The number of carboxylic acids is 1. The van der Waals surface area contributed by atoms with Crippen molar-refractivity contribution in [1.82, 2.24) is 4.98 Å². The van der Waals surface area contributed by atoms with Gasteiger partial charge in [-0.25, -0.2) is 4.79 Å². The molecule has 3 rings (SSSR count). The number of carbonyl (C=O) groups is 1. The molecule has 0 fully saturated rings. The van der Waals surface area contributed by atoms with Crippen LogP contribution in [0.2, 0.25) is 0 Å². The standard InChI is InChI=1S/C13H12N2O3/c16-13(17)12-6-9(18-15-12)5-8-7-14-11-4-2-1-3-10(8)11/h1-4,7,9,14H,5-6H2,(H,16,17). The summed E-state index contributed by atoms with van der Waals surface area (Å²) in [4.78, 5) is 19.1. The fraction of sp³-hybridized carbons (Fsp3) is 0.231. The number of aromatic amines is 1. The van der Waals surface area contributed by atoms with E-state index in [1.165, 1.54) is 0 Å². The van der Waals surface area contributed by atoms with E-state index in [-0.39, 0.29) is 11.8 Å². The molecule has 2 heterocycles. The van der Waals surface area contributed by atoms with E-state index in [0.717, 1.165) is 16.5 Å². The lowest BCUT2D eigenvalue weighted by Crippen LogP contribution is -2.16. The van der Waals surface area contributed by atoms with Gasteiger partial charge in [-0.15, -0.1) is 0 Å². The van der Waals surface area contributed by atoms with Gasteiger partial charge in [-0.05, 0) is 11.6 Å². The predicted molar refractivity (Wildman–Crippen MR) is 66.6 cm³/mol. The minimum Gasteiger partial charge on any atom is -0.477 e. The molecule has 0 bridgehead atoms.